The zero-order valence-corrected chi connectivity index (χ0v) is 19.1. The molecule has 2 unspecified atom stereocenters. The van der Waals surface area contributed by atoms with Crippen molar-refractivity contribution in [3.05, 3.63) is 60.8 Å². The maximum Gasteiger partial charge on any atom is 0.208 e. The predicted molar refractivity (Wildman–Crippen MR) is 124 cm³/mol. The SMILES string of the molecule is CC(C)(C)N1CCC2CN(c3cccc4cc(S(=O)(=O)c5ccccc5)cnc34)CC21. The molecule has 0 spiro atoms. The number of nitrogens with zero attached hydrogens (tertiary/aromatic N) is 3. The van der Waals surface area contributed by atoms with Crippen LogP contribution in [0.5, 0.6) is 0 Å². The van der Waals surface area contributed by atoms with E-state index in [1.54, 1.807) is 30.3 Å². The molecule has 3 aromatic rings. The van der Waals surface area contributed by atoms with Gasteiger partial charge in [-0.05, 0) is 63.9 Å². The number of hydrogen-bond acceptors (Lipinski definition) is 5. The number of anilines is 1. The molecule has 2 aromatic carbocycles. The van der Waals surface area contributed by atoms with E-state index >= 15 is 0 Å². The second-order valence-corrected chi connectivity index (χ2v) is 11.7. The summed E-state index contributed by atoms with van der Waals surface area (Å²) >= 11 is 0. The topological polar surface area (TPSA) is 53.5 Å². The van der Waals surface area contributed by atoms with Gasteiger partial charge in [-0.15, -0.1) is 0 Å². The minimum Gasteiger partial charge on any atom is -0.368 e. The van der Waals surface area contributed by atoms with Crippen molar-refractivity contribution in [2.45, 2.75) is 48.6 Å². The number of benzene rings is 2. The molecule has 2 aliphatic rings. The smallest absolute Gasteiger partial charge is 0.208 e. The Balaban J connectivity index is 1.48. The van der Waals surface area contributed by atoms with Crippen LogP contribution in [0.3, 0.4) is 0 Å². The average molecular weight is 436 g/mol. The number of pyridine rings is 1. The summed E-state index contributed by atoms with van der Waals surface area (Å²) in [6, 6.07) is 16.9. The Kier molecular flexibility index (Phi) is 4.83. The highest BCUT2D eigenvalue weighted by Gasteiger charge is 2.45. The molecule has 2 atom stereocenters. The molecule has 0 N–H and O–H groups in total. The lowest BCUT2D eigenvalue weighted by Crippen LogP contribution is -2.47. The minimum absolute atomic E-state index is 0.174. The summed E-state index contributed by atoms with van der Waals surface area (Å²) in [7, 11) is -3.58. The van der Waals surface area contributed by atoms with Crippen molar-refractivity contribution in [3.8, 4) is 0 Å². The highest BCUT2D eigenvalue weighted by molar-refractivity contribution is 7.91. The first-order valence-electron chi connectivity index (χ1n) is 11.0. The molecule has 0 amide bonds. The van der Waals surface area contributed by atoms with E-state index in [4.69, 9.17) is 0 Å². The van der Waals surface area contributed by atoms with Gasteiger partial charge in [0.05, 0.1) is 21.0 Å². The Hall–Kier alpha value is -2.44. The fourth-order valence-electron chi connectivity index (χ4n) is 5.25. The molecule has 5 nitrogen and oxygen atoms in total. The summed E-state index contributed by atoms with van der Waals surface area (Å²) in [4.78, 5) is 10.3. The van der Waals surface area contributed by atoms with Gasteiger partial charge in [0.2, 0.25) is 9.84 Å². The van der Waals surface area contributed by atoms with Crippen molar-refractivity contribution in [3.63, 3.8) is 0 Å². The zero-order chi connectivity index (χ0) is 21.8. The average Bonchev–Trinajstić information content (AvgIpc) is 3.34. The Labute approximate surface area is 184 Å². The molecular weight excluding hydrogens is 406 g/mol. The molecule has 2 aliphatic heterocycles. The minimum atomic E-state index is -3.58. The van der Waals surface area contributed by atoms with Crippen LogP contribution in [0.15, 0.2) is 70.6 Å². The van der Waals surface area contributed by atoms with Gasteiger partial charge in [0, 0.05) is 36.3 Å². The number of sulfone groups is 1. The Morgan fingerprint density at radius 2 is 1.74 bits per heavy atom. The lowest BCUT2D eigenvalue weighted by Gasteiger charge is -2.37. The first kappa shape index (κ1) is 20.5. The molecule has 5 rings (SSSR count). The first-order chi connectivity index (χ1) is 14.7. The summed E-state index contributed by atoms with van der Waals surface area (Å²) in [5.74, 6) is 0.673. The summed E-state index contributed by atoms with van der Waals surface area (Å²) in [5, 5.41) is 0.860. The maximum absolute atomic E-state index is 13.0. The van der Waals surface area contributed by atoms with Gasteiger partial charge in [0.1, 0.15) is 0 Å². The largest absolute Gasteiger partial charge is 0.368 e. The third-order valence-electron chi connectivity index (χ3n) is 6.78. The van der Waals surface area contributed by atoms with Crippen LogP contribution in [0.25, 0.3) is 10.9 Å². The van der Waals surface area contributed by atoms with Gasteiger partial charge in [-0.3, -0.25) is 9.88 Å². The van der Waals surface area contributed by atoms with E-state index in [0.29, 0.717) is 16.9 Å². The second-order valence-electron chi connectivity index (χ2n) is 9.72. The Morgan fingerprint density at radius 3 is 2.48 bits per heavy atom. The van der Waals surface area contributed by atoms with Crippen LogP contribution in [0, 0.1) is 5.92 Å². The molecular formula is C25H29N3O2S. The van der Waals surface area contributed by atoms with Gasteiger partial charge in [0.25, 0.3) is 0 Å². The van der Waals surface area contributed by atoms with Crippen molar-refractivity contribution in [2.24, 2.45) is 5.92 Å². The normalized spacial score (nSPS) is 22.2. The van der Waals surface area contributed by atoms with Crippen LogP contribution in [-0.2, 0) is 9.84 Å². The third-order valence-corrected chi connectivity index (χ3v) is 8.51. The predicted octanol–water partition coefficient (Wildman–Crippen LogP) is 4.38. The molecule has 0 saturated carbocycles. The first-order valence-corrected chi connectivity index (χ1v) is 12.4. The van der Waals surface area contributed by atoms with Crippen molar-refractivity contribution in [2.75, 3.05) is 24.5 Å². The van der Waals surface area contributed by atoms with E-state index in [2.05, 4.69) is 41.6 Å². The lowest BCUT2D eigenvalue weighted by atomic mass is 10.0. The van der Waals surface area contributed by atoms with E-state index in [1.165, 1.54) is 19.2 Å². The number of rotatable bonds is 3. The molecule has 0 aliphatic carbocycles. The van der Waals surface area contributed by atoms with Gasteiger partial charge in [-0.2, -0.15) is 0 Å². The van der Waals surface area contributed by atoms with Crippen LogP contribution in [-0.4, -0.2) is 49.5 Å². The van der Waals surface area contributed by atoms with Gasteiger partial charge >= 0.3 is 0 Å². The van der Waals surface area contributed by atoms with Crippen LogP contribution >= 0.6 is 0 Å². The molecule has 31 heavy (non-hydrogen) atoms. The molecule has 2 fully saturated rings. The van der Waals surface area contributed by atoms with E-state index in [-0.39, 0.29) is 10.4 Å². The number of fused-ring (bicyclic) bond motifs is 2. The van der Waals surface area contributed by atoms with Crippen LogP contribution in [0.4, 0.5) is 5.69 Å². The second kappa shape index (κ2) is 7.31. The lowest BCUT2D eigenvalue weighted by molar-refractivity contribution is 0.123. The maximum atomic E-state index is 13.0. The van der Waals surface area contributed by atoms with Gasteiger partial charge in [0.15, 0.2) is 0 Å². The third kappa shape index (κ3) is 3.52. The van der Waals surface area contributed by atoms with Crippen LogP contribution in [0.2, 0.25) is 0 Å². The fourth-order valence-corrected chi connectivity index (χ4v) is 6.51. The van der Waals surface area contributed by atoms with E-state index in [1.807, 2.05) is 18.2 Å². The quantitative estimate of drug-likeness (QED) is 0.611. The molecule has 3 heterocycles. The van der Waals surface area contributed by atoms with Crippen molar-refractivity contribution < 1.29 is 8.42 Å². The zero-order valence-electron chi connectivity index (χ0n) is 18.3. The summed E-state index contributed by atoms with van der Waals surface area (Å²) in [5.41, 5.74) is 2.15. The Bertz CT molecular complexity index is 1220. The van der Waals surface area contributed by atoms with E-state index < -0.39 is 9.84 Å². The van der Waals surface area contributed by atoms with Crippen molar-refractivity contribution >= 4 is 26.4 Å². The Morgan fingerprint density at radius 1 is 0.968 bits per heavy atom. The van der Waals surface area contributed by atoms with E-state index in [0.717, 1.165) is 29.7 Å². The molecule has 6 heteroatoms. The summed E-state index contributed by atoms with van der Waals surface area (Å²) in [6.45, 7) is 10.1. The van der Waals surface area contributed by atoms with Crippen LogP contribution in [0.1, 0.15) is 27.2 Å². The molecule has 0 bridgehead atoms. The molecule has 162 valence electrons. The highest BCUT2D eigenvalue weighted by atomic mass is 32.2. The van der Waals surface area contributed by atoms with E-state index in [9.17, 15) is 8.42 Å². The number of aromatic nitrogens is 1. The monoisotopic (exact) mass is 435 g/mol. The van der Waals surface area contributed by atoms with Crippen LogP contribution < -0.4 is 4.90 Å². The van der Waals surface area contributed by atoms with Crippen molar-refractivity contribution in [1.82, 2.24) is 9.88 Å². The summed E-state index contributed by atoms with van der Waals surface area (Å²) < 4.78 is 26.1. The molecule has 0 radical (unpaired) electrons. The molecule has 2 saturated heterocycles. The summed E-state index contributed by atoms with van der Waals surface area (Å²) in [6.07, 6.45) is 2.74. The standard InChI is InChI=1S/C25H29N3O2S/c1-25(2,3)28-13-12-19-16-27(17-23(19)28)22-11-7-8-18-14-21(15-26-24(18)22)31(29,30)20-9-5-4-6-10-20/h4-11,14-15,19,23H,12-13,16-17H2,1-3H3. The number of hydrogen-bond donors (Lipinski definition) is 0. The number of likely N-dealkylation sites (tertiary alicyclic amines) is 1. The molecule has 1 aromatic heterocycles. The van der Waals surface area contributed by atoms with Crippen molar-refractivity contribution in [1.29, 1.82) is 0 Å². The highest BCUT2D eigenvalue weighted by Crippen LogP contribution is 2.39. The van der Waals surface area contributed by atoms with Gasteiger partial charge in [-0.25, -0.2) is 8.42 Å². The number of para-hydroxylation sites is 1. The van der Waals surface area contributed by atoms with Gasteiger partial charge in [-0.1, -0.05) is 30.3 Å². The fraction of sp³-hybridized carbons (Fsp3) is 0.400. The van der Waals surface area contributed by atoms with Gasteiger partial charge < -0.3 is 4.90 Å².